The van der Waals surface area contributed by atoms with E-state index in [0.29, 0.717) is 0 Å². The number of rotatable bonds is 5. The van der Waals surface area contributed by atoms with Crippen LogP contribution < -0.4 is 0 Å². The third kappa shape index (κ3) is 4.34. The number of hydrogen-bond donors (Lipinski definition) is 0. The average Bonchev–Trinajstić information content (AvgIpc) is 2.40. The Morgan fingerprint density at radius 1 is 1.11 bits per heavy atom. The zero-order valence-electron chi connectivity index (χ0n) is 12.4. The molecule has 0 aromatic heterocycles. The molecule has 0 heterocycles. The lowest BCUT2D eigenvalue weighted by molar-refractivity contribution is 0.302. The molecule has 0 nitrogen and oxygen atoms in total. The van der Waals surface area contributed by atoms with Gasteiger partial charge in [0.15, 0.2) is 0 Å². The van der Waals surface area contributed by atoms with Gasteiger partial charge in [0.25, 0.3) is 0 Å². The largest absolute Gasteiger partial charge is 0.0654 e. The first-order valence-corrected chi connectivity index (χ1v) is 8.76. The van der Waals surface area contributed by atoms with Gasteiger partial charge in [-0.25, -0.2) is 0 Å². The molecule has 1 aliphatic rings. The van der Waals surface area contributed by atoms with Crippen LogP contribution in [-0.2, 0) is 0 Å². The molecule has 1 heteroatoms. The van der Waals surface area contributed by atoms with E-state index in [2.05, 4.69) is 48.0 Å². The van der Waals surface area contributed by atoms with E-state index in [9.17, 15) is 0 Å². The van der Waals surface area contributed by atoms with E-state index in [1.165, 1.54) is 61.4 Å². The summed E-state index contributed by atoms with van der Waals surface area (Å²) in [5.74, 6) is 1.83. The highest BCUT2D eigenvalue weighted by Crippen LogP contribution is 2.39. The highest BCUT2D eigenvalue weighted by molar-refractivity contribution is 9.10. The van der Waals surface area contributed by atoms with Gasteiger partial charge in [-0.05, 0) is 67.7 Å². The summed E-state index contributed by atoms with van der Waals surface area (Å²) in [7, 11) is 0. The lowest BCUT2D eigenvalue weighted by atomic mass is 9.76. The van der Waals surface area contributed by atoms with Crippen LogP contribution in [0.5, 0.6) is 0 Å². The lowest BCUT2D eigenvalue weighted by Crippen LogP contribution is -2.14. The van der Waals surface area contributed by atoms with Crippen molar-refractivity contribution in [2.24, 2.45) is 5.92 Å². The van der Waals surface area contributed by atoms with Crippen molar-refractivity contribution in [2.75, 3.05) is 0 Å². The summed E-state index contributed by atoms with van der Waals surface area (Å²) < 4.78 is 1.21. The molecule has 19 heavy (non-hydrogen) atoms. The van der Waals surface area contributed by atoms with Gasteiger partial charge in [0.2, 0.25) is 0 Å². The second-order valence-electron chi connectivity index (χ2n) is 6.21. The summed E-state index contributed by atoms with van der Waals surface area (Å²) in [6, 6.07) is 6.81. The van der Waals surface area contributed by atoms with E-state index < -0.39 is 0 Å². The van der Waals surface area contributed by atoms with Gasteiger partial charge in [-0.2, -0.15) is 0 Å². The number of hydrogen-bond acceptors (Lipinski definition) is 0. The molecule has 0 unspecified atom stereocenters. The molecular weight excluding hydrogens is 296 g/mol. The van der Waals surface area contributed by atoms with E-state index in [1.807, 2.05) is 0 Å². The Morgan fingerprint density at radius 3 is 2.47 bits per heavy atom. The number of halogens is 1. The third-order valence-electron chi connectivity index (χ3n) is 4.73. The van der Waals surface area contributed by atoms with Gasteiger partial charge in [-0.1, -0.05) is 54.6 Å². The molecule has 1 aromatic carbocycles. The highest BCUT2D eigenvalue weighted by Gasteiger charge is 2.22. The first kappa shape index (κ1) is 15.1. The van der Waals surface area contributed by atoms with Crippen molar-refractivity contribution in [3.8, 4) is 0 Å². The summed E-state index contributed by atoms with van der Waals surface area (Å²) in [4.78, 5) is 0. The Hall–Kier alpha value is -0.300. The van der Waals surface area contributed by atoms with E-state index >= 15 is 0 Å². The fourth-order valence-corrected chi connectivity index (χ4v) is 4.02. The number of unbranched alkanes of at least 4 members (excludes halogenated alkanes) is 2. The molecule has 0 amide bonds. The van der Waals surface area contributed by atoms with E-state index in [0.717, 1.165) is 11.8 Å². The third-order valence-corrected chi connectivity index (χ3v) is 5.23. The first-order valence-electron chi connectivity index (χ1n) is 7.96. The van der Waals surface area contributed by atoms with Crippen LogP contribution in [-0.4, -0.2) is 0 Å². The van der Waals surface area contributed by atoms with Crippen molar-refractivity contribution in [3.05, 3.63) is 33.8 Å². The van der Waals surface area contributed by atoms with Crippen molar-refractivity contribution in [3.63, 3.8) is 0 Å². The van der Waals surface area contributed by atoms with Crippen LogP contribution in [0.4, 0.5) is 0 Å². The summed E-state index contributed by atoms with van der Waals surface area (Å²) in [6.45, 7) is 4.56. The molecule has 0 radical (unpaired) electrons. The smallest absolute Gasteiger partial charge is 0.0178 e. The van der Waals surface area contributed by atoms with E-state index in [-0.39, 0.29) is 0 Å². The van der Waals surface area contributed by atoms with Crippen LogP contribution in [0.3, 0.4) is 0 Å². The minimum atomic E-state index is 0.815. The molecule has 1 aromatic rings. The van der Waals surface area contributed by atoms with Crippen LogP contribution in [0.25, 0.3) is 0 Å². The van der Waals surface area contributed by atoms with Crippen molar-refractivity contribution in [2.45, 2.75) is 71.1 Å². The number of aryl methyl sites for hydroxylation is 1. The van der Waals surface area contributed by atoms with Crippen LogP contribution in [0.15, 0.2) is 22.7 Å². The Balaban J connectivity index is 1.85. The summed E-state index contributed by atoms with van der Waals surface area (Å²) in [5, 5.41) is 0. The van der Waals surface area contributed by atoms with Gasteiger partial charge in [0.1, 0.15) is 0 Å². The van der Waals surface area contributed by atoms with Gasteiger partial charge < -0.3 is 0 Å². The minimum absolute atomic E-state index is 0.815. The standard InChI is InChI=1S/C18H27Br/c1-3-4-5-6-15-7-9-16(10-8-15)18-12-11-17(19)13-14(18)2/h11-13,15-16H,3-10H2,1-2H3. The van der Waals surface area contributed by atoms with Crippen LogP contribution >= 0.6 is 15.9 Å². The maximum absolute atomic E-state index is 3.57. The molecule has 1 fully saturated rings. The summed E-state index contributed by atoms with van der Waals surface area (Å²) in [6.07, 6.45) is 11.4. The summed E-state index contributed by atoms with van der Waals surface area (Å²) >= 11 is 3.57. The van der Waals surface area contributed by atoms with Crippen molar-refractivity contribution in [1.29, 1.82) is 0 Å². The Morgan fingerprint density at radius 2 is 1.84 bits per heavy atom. The van der Waals surface area contributed by atoms with Crippen molar-refractivity contribution < 1.29 is 0 Å². The van der Waals surface area contributed by atoms with Gasteiger partial charge in [0, 0.05) is 4.47 Å². The molecule has 0 bridgehead atoms. The molecule has 1 aliphatic carbocycles. The fraction of sp³-hybridized carbons (Fsp3) is 0.667. The summed E-state index contributed by atoms with van der Waals surface area (Å²) in [5.41, 5.74) is 3.05. The SMILES string of the molecule is CCCCCC1CCC(c2ccc(Br)cc2C)CC1. The average molecular weight is 323 g/mol. The predicted octanol–water partition coefficient (Wildman–Crippen LogP) is 6.61. The van der Waals surface area contributed by atoms with E-state index in [1.54, 1.807) is 5.56 Å². The van der Waals surface area contributed by atoms with Crippen molar-refractivity contribution in [1.82, 2.24) is 0 Å². The lowest BCUT2D eigenvalue weighted by Gasteiger charge is -2.29. The molecule has 2 rings (SSSR count). The maximum atomic E-state index is 3.57. The molecule has 0 spiro atoms. The Kier molecular flexibility index (Phi) is 5.94. The maximum Gasteiger partial charge on any atom is 0.0178 e. The second-order valence-corrected chi connectivity index (χ2v) is 7.13. The molecule has 0 atom stereocenters. The highest BCUT2D eigenvalue weighted by atomic mass is 79.9. The Labute approximate surface area is 127 Å². The minimum Gasteiger partial charge on any atom is -0.0654 e. The normalized spacial score (nSPS) is 23.5. The van der Waals surface area contributed by atoms with Crippen LogP contribution in [0.2, 0.25) is 0 Å². The van der Waals surface area contributed by atoms with Crippen LogP contribution in [0, 0.1) is 12.8 Å². The zero-order valence-corrected chi connectivity index (χ0v) is 14.0. The monoisotopic (exact) mass is 322 g/mol. The van der Waals surface area contributed by atoms with Crippen LogP contribution in [0.1, 0.15) is 75.3 Å². The molecule has 0 N–H and O–H groups in total. The van der Waals surface area contributed by atoms with Gasteiger partial charge >= 0.3 is 0 Å². The van der Waals surface area contributed by atoms with Gasteiger partial charge in [-0.3, -0.25) is 0 Å². The second kappa shape index (κ2) is 7.47. The molecule has 1 saturated carbocycles. The fourth-order valence-electron chi connectivity index (χ4n) is 3.54. The molecule has 106 valence electrons. The molecule has 0 aliphatic heterocycles. The first-order chi connectivity index (χ1) is 9.20. The molecule has 0 saturated heterocycles. The number of benzene rings is 1. The van der Waals surface area contributed by atoms with E-state index in [4.69, 9.17) is 0 Å². The van der Waals surface area contributed by atoms with Crippen molar-refractivity contribution >= 4 is 15.9 Å². The van der Waals surface area contributed by atoms with Gasteiger partial charge in [0.05, 0.1) is 0 Å². The topological polar surface area (TPSA) is 0 Å². The Bertz CT molecular complexity index is 389. The zero-order chi connectivity index (χ0) is 13.7. The predicted molar refractivity (Wildman–Crippen MR) is 87.7 cm³/mol. The van der Waals surface area contributed by atoms with Gasteiger partial charge in [-0.15, -0.1) is 0 Å². The quantitative estimate of drug-likeness (QED) is 0.535. The molecular formula is C18H27Br.